The van der Waals surface area contributed by atoms with Crippen LogP contribution >= 0.6 is 0 Å². The van der Waals surface area contributed by atoms with Crippen LogP contribution in [0.2, 0.25) is 0 Å². The number of carbonyl (C=O) groups is 1. The number of carbonyl (C=O) groups excluding carboxylic acids is 1. The molecule has 2 rings (SSSR count). The summed E-state index contributed by atoms with van der Waals surface area (Å²) in [6, 6.07) is 10.2. The predicted octanol–water partition coefficient (Wildman–Crippen LogP) is 3.54. The molecule has 0 spiro atoms. The number of rotatable bonds is 5. The first kappa shape index (κ1) is 18.9. The minimum absolute atomic E-state index is 0.462. The second kappa shape index (κ2) is 11.7. The molecule has 0 bridgehead atoms. The van der Waals surface area contributed by atoms with E-state index in [9.17, 15) is 4.79 Å². The van der Waals surface area contributed by atoms with Gasteiger partial charge in [0.05, 0.1) is 12.2 Å². The van der Waals surface area contributed by atoms with Gasteiger partial charge in [0.2, 0.25) is 6.41 Å². The van der Waals surface area contributed by atoms with Crippen LogP contribution in [0.25, 0.3) is 0 Å². The minimum atomic E-state index is 0.462. The lowest BCUT2D eigenvalue weighted by Gasteiger charge is -2.07. The SMILES string of the molecule is CC.CC.Cc1cn(Cc2ccccc2)c(CNC=O)n1. The van der Waals surface area contributed by atoms with Crippen LogP contribution in [0.1, 0.15) is 44.8 Å². The first-order valence-electron chi connectivity index (χ1n) is 7.53. The summed E-state index contributed by atoms with van der Waals surface area (Å²) in [6.07, 6.45) is 2.69. The van der Waals surface area contributed by atoms with Crippen molar-refractivity contribution < 1.29 is 4.79 Å². The Hall–Kier alpha value is -2.10. The number of nitrogens with one attached hydrogen (secondary N) is 1. The predicted molar refractivity (Wildman–Crippen MR) is 88.1 cm³/mol. The molecule has 1 heterocycles. The summed E-state index contributed by atoms with van der Waals surface area (Å²) in [5.41, 5.74) is 2.18. The molecule has 4 heteroatoms. The molecule has 1 N–H and O–H groups in total. The highest BCUT2D eigenvalue weighted by Gasteiger charge is 2.05. The third-order valence-corrected chi connectivity index (χ3v) is 2.52. The van der Waals surface area contributed by atoms with Crippen LogP contribution in [0.5, 0.6) is 0 Å². The zero-order valence-corrected chi connectivity index (χ0v) is 13.8. The topological polar surface area (TPSA) is 46.9 Å². The molecule has 1 amide bonds. The average Bonchev–Trinajstić information content (AvgIpc) is 2.90. The Balaban J connectivity index is 0.000000921. The van der Waals surface area contributed by atoms with Gasteiger partial charge in [0.15, 0.2) is 0 Å². The molecule has 2 aromatic rings. The normalized spacial score (nSPS) is 8.81. The third-order valence-electron chi connectivity index (χ3n) is 2.52. The van der Waals surface area contributed by atoms with Crippen molar-refractivity contribution >= 4 is 6.41 Å². The van der Waals surface area contributed by atoms with Crippen molar-refractivity contribution in [2.45, 2.75) is 47.7 Å². The van der Waals surface area contributed by atoms with Gasteiger partial charge in [-0.1, -0.05) is 58.0 Å². The van der Waals surface area contributed by atoms with E-state index >= 15 is 0 Å². The molecule has 21 heavy (non-hydrogen) atoms. The third kappa shape index (κ3) is 6.75. The van der Waals surface area contributed by atoms with Crippen LogP contribution in [-0.2, 0) is 17.9 Å². The number of benzene rings is 1. The Morgan fingerprint density at radius 2 is 1.76 bits per heavy atom. The fourth-order valence-electron chi connectivity index (χ4n) is 1.79. The van der Waals surface area contributed by atoms with Gasteiger partial charge in [-0.25, -0.2) is 4.98 Å². The maximum absolute atomic E-state index is 10.3. The zero-order valence-electron chi connectivity index (χ0n) is 13.8. The van der Waals surface area contributed by atoms with Gasteiger partial charge in [-0.05, 0) is 12.5 Å². The molecule has 0 aliphatic carbocycles. The lowest BCUT2D eigenvalue weighted by Crippen LogP contribution is -2.15. The number of aromatic nitrogens is 2. The second-order valence-corrected chi connectivity index (χ2v) is 3.91. The Bertz CT molecular complexity index is 492. The van der Waals surface area contributed by atoms with Crippen molar-refractivity contribution in [3.63, 3.8) is 0 Å². The van der Waals surface area contributed by atoms with Crippen molar-refractivity contribution in [3.05, 3.63) is 53.6 Å². The summed E-state index contributed by atoms with van der Waals surface area (Å²) in [4.78, 5) is 14.7. The van der Waals surface area contributed by atoms with Gasteiger partial charge in [-0.2, -0.15) is 0 Å². The highest BCUT2D eigenvalue weighted by Crippen LogP contribution is 2.07. The van der Waals surface area contributed by atoms with Gasteiger partial charge in [-0.15, -0.1) is 0 Å². The van der Waals surface area contributed by atoms with Crippen molar-refractivity contribution in [3.8, 4) is 0 Å². The molecule has 0 aliphatic heterocycles. The maximum atomic E-state index is 10.3. The first-order valence-corrected chi connectivity index (χ1v) is 7.53. The molecule has 0 saturated heterocycles. The lowest BCUT2D eigenvalue weighted by atomic mass is 10.2. The van der Waals surface area contributed by atoms with E-state index in [2.05, 4.69) is 27.0 Å². The van der Waals surface area contributed by atoms with Crippen LogP contribution in [0, 0.1) is 6.92 Å². The number of nitrogens with zero attached hydrogens (tertiary/aromatic N) is 2. The first-order chi connectivity index (χ1) is 10.3. The Kier molecular flexibility index (Phi) is 10.5. The van der Waals surface area contributed by atoms with E-state index in [0.717, 1.165) is 18.1 Å². The molecule has 0 atom stereocenters. The van der Waals surface area contributed by atoms with Crippen LogP contribution in [-0.4, -0.2) is 16.0 Å². The van der Waals surface area contributed by atoms with Crippen LogP contribution in [0.3, 0.4) is 0 Å². The van der Waals surface area contributed by atoms with Gasteiger partial charge in [-0.3, -0.25) is 4.79 Å². The fourth-order valence-corrected chi connectivity index (χ4v) is 1.79. The molecule has 0 radical (unpaired) electrons. The van der Waals surface area contributed by atoms with Crippen LogP contribution in [0.15, 0.2) is 36.5 Å². The summed E-state index contributed by atoms with van der Waals surface area (Å²) >= 11 is 0. The molecule has 0 unspecified atom stereocenters. The molecule has 0 fully saturated rings. The Morgan fingerprint density at radius 3 is 2.33 bits per heavy atom. The minimum Gasteiger partial charge on any atom is -0.351 e. The molecule has 116 valence electrons. The van der Waals surface area contributed by atoms with E-state index in [1.165, 1.54) is 5.56 Å². The van der Waals surface area contributed by atoms with Crippen LogP contribution < -0.4 is 5.32 Å². The molecule has 1 aromatic carbocycles. The van der Waals surface area contributed by atoms with Gasteiger partial charge >= 0.3 is 0 Å². The Morgan fingerprint density at radius 1 is 1.14 bits per heavy atom. The van der Waals surface area contributed by atoms with E-state index in [1.54, 1.807) is 0 Å². The standard InChI is InChI=1S/C13H15N3O.2C2H6/c1-11-8-16(13(15-11)7-14-10-17)9-12-5-3-2-4-6-12;2*1-2/h2-6,8,10H,7,9H2,1H3,(H,14,17);2*1-2H3. The maximum Gasteiger partial charge on any atom is 0.207 e. The molecule has 0 aliphatic rings. The number of amides is 1. The molecule has 0 saturated carbocycles. The summed E-state index contributed by atoms with van der Waals surface area (Å²) < 4.78 is 2.06. The quantitative estimate of drug-likeness (QED) is 0.856. The van der Waals surface area contributed by atoms with Crippen LogP contribution in [0.4, 0.5) is 0 Å². The molecular formula is C17H27N3O. The van der Waals surface area contributed by atoms with Gasteiger partial charge in [0.1, 0.15) is 5.82 Å². The van der Waals surface area contributed by atoms with Crippen molar-refractivity contribution in [2.75, 3.05) is 0 Å². The second-order valence-electron chi connectivity index (χ2n) is 3.91. The van der Waals surface area contributed by atoms with Gasteiger partial charge < -0.3 is 9.88 Å². The lowest BCUT2D eigenvalue weighted by molar-refractivity contribution is -0.109. The number of hydrogen-bond donors (Lipinski definition) is 1. The van der Waals surface area contributed by atoms with Crippen molar-refractivity contribution in [1.82, 2.24) is 14.9 Å². The summed E-state index contributed by atoms with van der Waals surface area (Å²) in [7, 11) is 0. The summed E-state index contributed by atoms with van der Waals surface area (Å²) in [6.45, 7) is 11.2. The summed E-state index contributed by atoms with van der Waals surface area (Å²) in [5.74, 6) is 0.874. The van der Waals surface area contributed by atoms with E-state index in [-0.39, 0.29) is 0 Å². The number of aryl methyl sites for hydroxylation is 1. The Labute approximate surface area is 128 Å². The average molecular weight is 289 g/mol. The molecule has 1 aromatic heterocycles. The van der Waals surface area contributed by atoms with Gasteiger partial charge in [0, 0.05) is 12.7 Å². The highest BCUT2D eigenvalue weighted by molar-refractivity contribution is 5.45. The van der Waals surface area contributed by atoms with Gasteiger partial charge in [0.25, 0.3) is 0 Å². The van der Waals surface area contributed by atoms with E-state index in [1.807, 2.05) is 59.0 Å². The van der Waals surface area contributed by atoms with Crippen molar-refractivity contribution in [1.29, 1.82) is 0 Å². The number of hydrogen-bond acceptors (Lipinski definition) is 2. The molecular weight excluding hydrogens is 262 g/mol. The highest BCUT2D eigenvalue weighted by atomic mass is 16.1. The largest absolute Gasteiger partial charge is 0.351 e. The fraction of sp³-hybridized carbons (Fsp3) is 0.412. The smallest absolute Gasteiger partial charge is 0.207 e. The van der Waals surface area contributed by atoms with E-state index in [0.29, 0.717) is 13.0 Å². The van der Waals surface area contributed by atoms with E-state index < -0.39 is 0 Å². The zero-order chi connectivity index (χ0) is 16.1. The monoisotopic (exact) mass is 289 g/mol. The number of imidazole rings is 1. The van der Waals surface area contributed by atoms with Crippen molar-refractivity contribution in [2.24, 2.45) is 0 Å². The molecule has 4 nitrogen and oxygen atoms in total. The van der Waals surface area contributed by atoms with E-state index in [4.69, 9.17) is 0 Å². The summed E-state index contributed by atoms with van der Waals surface area (Å²) in [5, 5.41) is 2.64.